The molecule has 1 aromatic rings. The number of fused-ring (bicyclic) bond motifs is 2. The summed E-state index contributed by atoms with van der Waals surface area (Å²) in [6, 6.07) is 4.54. The zero-order valence-electron chi connectivity index (χ0n) is 15.7. The molecule has 0 amide bonds. The molecule has 2 atom stereocenters. The number of hydrogen-bond acceptors (Lipinski definition) is 2. The number of rotatable bonds is 4. The van der Waals surface area contributed by atoms with Gasteiger partial charge in [-0.3, -0.25) is 0 Å². The average Bonchev–Trinajstić information content (AvgIpc) is 2.84. The van der Waals surface area contributed by atoms with Gasteiger partial charge in [-0.15, -0.1) is 0 Å². The number of allylic oxidation sites excluding steroid dienone is 5. The summed E-state index contributed by atoms with van der Waals surface area (Å²) in [4.78, 5) is 0. The third-order valence-corrected chi connectivity index (χ3v) is 11.8. The molecule has 137 valence electrons. The minimum absolute atomic E-state index is 0. The normalized spacial score (nSPS) is 25.2. The fourth-order valence-electron chi connectivity index (χ4n) is 4.02. The largest absolute Gasteiger partial charge is 1.00 e. The van der Waals surface area contributed by atoms with Gasteiger partial charge in [-0.05, 0) is 0 Å². The average molecular weight is 502 g/mol. The molecular formula is C19H23Cl2O2Si2Zr. The van der Waals surface area contributed by atoms with Gasteiger partial charge in [0.2, 0.25) is 0 Å². The third-order valence-electron chi connectivity index (χ3n) is 5.16. The van der Waals surface area contributed by atoms with Crippen molar-refractivity contribution in [2.75, 3.05) is 7.11 Å². The molecule has 0 bridgehead atoms. The third kappa shape index (κ3) is 3.33. The van der Waals surface area contributed by atoms with E-state index in [2.05, 4.69) is 56.5 Å². The summed E-state index contributed by atoms with van der Waals surface area (Å²) < 4.78 is 13.1. The predicted molar refractivity (Wildman–Crippen MR) is 100 cm³/mol. The van der Waals surface area contributed by atoms with Crippen LogP contribution >= 0.6 is 0 Å². The first-order valence-corrected chi connectivity index (χ1v) is 15.8. The minimum Gasteiger partial charge on any atom is -1.00 e. The molecule has 2 unspecified atom stereocenters. The number of benzene rings is 1. The van der Waals surface area contributed by atoms with Crippen LogP contribution < -0.4 is 29.2 Å². The second-order valence-electron chi connectivity index (χ2n) is 7.90. The van der Waals surface area contributed by atoms with Gasteiger partial charge in [-0.2, -0.15) is 0 Å². The van der Waals surface area contributed by atoms with Crippen molar-refractivity contribution in [3.05, 3.63) is 52.2 Å². The summed E-state index contributed by atoms with van der Waals surface area (Å²) >= 11 is 1.58. The van der Waals surface area contributed by atoms with Crippen molar-refractivity contribution < 1.29 is 58.4 Å². The van der Waals surface area contributed by atoms with E-state index in [4.69, 9.17) is 8.85 Å². The molecule has 0 spiro atoms. The molecule has 0 fully saturated rings. The molecule has 0 radical (unpaired) electrons. The van der Waals surface area contributed by atoms with Crippen LogP contribution in [0, 0.1) is 0 Å². The molecule has 0 saturated heterocycles. The molecule has 1 aliphatic heterocycles. The zero-order chi connectivity index (χ0) is 17.3. The Bertz CT molecular complexity index is 843. The number of halogens is 2. The first kappa shape index (κ1) is 22.4. The summed E-state index contributed by atoms with van der Waals surface area (Å²) in [6.45, 7) is 9.13. The van der Waals surface area contributed by atoms with E-state index < -0.39 is 16.6 Å². The standard InChI is InChI=1S/C19H23O2Si2.2ClH.Zr/c1-20-23(5)16-12-14-10-11-15(21-22(2,3)4)17(18(14)19(16)23)13-8-6-7-9-13;;;/h6-8,10-12H,9H2,1-5H3;2*1H;/q;;;+2/p-2. The van der Waals surface area contributed by atoms with Crippen LogP contribution in [0.3, 0.4) is 0 Å². The molecule has 2 aliphatic carbocycles. The SMILES string of the molecule is CO[Si]1(C)C2=C1[CH]([Zr+2])c1ccc(O[Si](C)(C)C)c(C3=CC=CC3)c12.[Cl-].[Cl-]. The summed E-state index contributed by atoms with van der Waals surface area (Å²) in [5, 5.41) is 3.20. The van der Waals surface area contributed by atoms with Crippen LogP contribution in [-0.4, -0.2) is 23.7 Å². The molecule has 4 rings (SSSR count). The van der Waals surface area contributed by atoms with E-state index in [1.807, 2.05) is 7.11 Å². The summed E-state index contributed by atoms with van der Waals surface area (Å²) in [5.41, 5.74) is 5.72. The van der Waals surface area contributed by atoms with Crippen molar-refractivity contribution in [3.63, 3.8) is 0 Å². The Kier molecular flexibility index (Phi) is 6.45. The van der Waals surface area contributed by atoms with E-state index in [0.29, 0.717) is 3.63 Å². The monoisotopic (exact) mass is 499 g/mol. The zero-order valence-corrected chi connectivity index (χ0v) is 21.7. The van der Waals surface area contributed by atoms with Crippen LogP contribution in [0.25, 0.3) is 10.8 Å². The molecule has 2 nitrogen and oxygen atoms in total. The molecule has 26 heavy (non-hydrogen) atoms. The molecule has 1 aromatic carbocycles. The van der Waals surface area contributed by atoms with Crippen molar-refractivity contribution in [2.24, 2.45) is 0 Å². The van der Waals surface area contributed by atoms with Gasteiger partial charge in [-0.25, -0.2) is 0 Å². The van der Waals surface area contributed by atoms with Gasteiger partial charge in [0.15, 0.2) is 0 Å². The van der Waals surface area contributed by atoms with Gasteiger partial charge in [0.1, 0.15) is 0 Å². The molecule has 3 aliphatic rings. The van der Waals surface area contributed by atoms with Crippen LogP contribution in [0.15, 0.2) is 35.6 Å². The van der Waals surface area contributed by atoms with Crippen molar-refractivity contribution >= 4 is 27.4 Å². The minimum atomic E-state index is -1.74. The van der Waals surface area contributed by atoms with Gasteiger partial charge in [0.05, 0.1) is 0 Å². The van der Waals surface area contributed by atoms with Gasteiger partial charge >= 0.3 is 162 Å². The Labute approximate surface area is 186 Å². The second kappa shape index (κ2) is 7.49. The van der Waals surface area contributed by atoms with Crippen molar-refractivity contribution in [1.29, 1.82) is 0 Å². The van der Waals surface area contributed by atoms with E-state index in [-0.39, 0.29) is 24.8 Å². The van der Waals surface area contributed by atoms with Crippen molar-refractivity contribution in [2.45, 2.75) is 36.2 Å². The Morgan fingerprint density at radius 3 is 2.38 bits per heavy atom. The quantitative estimate of drug-likeness (QED) is 0.489. The predicted octanol–water partition coefficient (Wildman–Crippen LogP) is -1.08. The first-order valence-electron chi connectivity index (χ1n) is 8.51. The first-order chi connectivity index (χ1) is 11.3. The van der Waals surface area contributed by atoms with E-state index >= 15 is 0 Å². The van der Waals surface area contributed by atoms with E-state index in [1.54, 1.807) is 35.1 Å². The van der Waals surface area contributed by atoms with Crippen LogP contribution in [-0.2, 0) is 29.1 Å². The van der Waals surface area contributed by atoms with Gasteiger partial charge in [0, 0.05) is 0 Å². The Hall–Kier alpha value is 0.0969. The van der Waals surface area contributed by atoms with Crippen LogP contribution in [0.4, 0.5) is 0 Å². The maximum atomic E-state index is 6.50. The van der Waals surface area contributed by atoms with Crippen molar-refractivity contribution in [3.8, 4) is 5.75 Å². The molecule has 7 heteroatoms. The Balaban J connectivity index is 0.00000121. The fourth-order valence-corrected chi connectivity index (χ4v) is 11.6. The maximum Gasteiger partial charge on any atom is -1.00 e. The van der Waals surface area contributed by atoms with Gasteiger partial charge in [-0.1, -0.05) is 0 Å². The van der Waals surface area contributed by atoms with Crippen LogP contribution in [0.5, 0.6) is 5.75 Å². The van der Waals surface area contributed by atoms with Gasteiger partial charge < -0.3 is 24.8 Å². The summed E-state index contributed by atoms with van der Waals surface area (Å²) in [6.07, 6.45) is 7.68. The second-order valence-corrected chi connectivity index (χ2v) is 17.3. The van der Waals surface area contributed by atoms with Gasteiger partial charge in [0.25, 0.3) is 0 Å². The van der Waals surface area contributed by atoms with Crippen molar-refractivity contribution in [1.82, 2.24) is 0 Å². The molecule has 0 aromatic heterocycles. The van der Waals surface area contributed by atoms with Crippen LogP contribution in [0.1, 0.15) is 26.7 Å². The molecule has 1 heterocycles. The summed E-state index contributed by atoms with van der Waals surface area (Å²) in [7, 11) is -1.51. The fraction of sp³-hybridized carbons (Fsp3) is 0.368. The van der Waals surface area contributed by atoms with Crippen LogP contribution in [0.2, 0.25) is 26.2 Å². The van der Waals surface area contributed by atoms with E-state index in [1.165, 1.54) is 22.3 Å². The Morgan fingerprint density at radius 1 is 1.15 bits per heavy atom. The van der Waals surface area contributed by atoms with E-state index in [9.17, 15) is 0 Å². The van der Waals surface area contributed by atoms with E-state index in [0.717, 1.165) is 12.2 Å². The Morgan fingerprint density at radius 2 is 1.85 bits per heavy atom. The molecular weight excluding hydrogens is 479 g/mol. The topological polar surface area (TPSA) is 18.5 Å². The summed E-state index contributed by atoms with van der Waals surface area (Å²) in [5.74, 6) is 1.08. The maximum absolute atomic E-state index is 6.50. The smallest absolute Gasteiger partial charge is 1.00 e. The number of hydrogen-bond donors (Lipinski definition) is 0. The molecule has 0 N–H and O–H groups in total. The molecule has 0 saturated carbocycles.